The van der Waals surface area contributed by atoms with Gasteiger partial charge in [0.15, 0.2) is 0 Å². The summed E-state index contributed by atoms with van der Waals surface area (Å²) in [6, 6.07) is 0.315. The summed E-state index contributed by atoms with van der Waals surface area (Å²) >= 11 is 0. The Balaban J connectivity index is 2.19. The van der Waals surface area contributed by atoms with Gasteiger partial charge in [-0.2, -0.15) is 0 Å². The van der Waals surface area contributed by atoms with Gasteiger partial charge < -0.3 is 5.73 Å². The van der Waals surface area contributed by atoms with Gasteiger partial charge in [0.25, 0.3) is 0 Å². The first-order valence-electron chi connectivity index (χ1n) is 4.63. The molecule has 1 heteroatoms. The molecule has 0 aliphatic heterocycles. The van der Waals surface area contributed by atoms with Crippen LogP contribution in [0.2, 0.25) is 0 Å². The van der Waals surface area contributed by atoms with Crippen molar-refractivity contribution in [2.75, 3.05) is 0 Å². The van der Waals surface area contributed by atoms with Crippen LogP contribution in [0.3, 0.4) is 0 Å². The number of hydrogen-bond donors (Lipinski definition) is 1. The molecule has 0 aromatic carbocycles. The average Bonchev–Trinajstić information content (AvgIpc) is 2.29. The molecule has 2 aliphatic carbocycles. The van der Waals surface area contributed by atoms with E-state index in [0.717, 1.165) is 12.8 Å². The Hall–Kier alpha value is -0.820. The molecule has 3 unspecified atom stereocenters. The van der Waals surface area contributed by atoms with E-state index < -0.39 is 0 Å². The zero-order valence-corrected chi connectivity index (χ0v) is 7.19. The van der Waals surface area contributed by atoms with Crippen LogP contribution >= 0.6 is 0 Å². The second kappa shape index (κ2) is 3.28. The lowest BCUT2D eigenvalue weighted by molar-refractivity contribution is 0.404. The zero-order chi connectivity index (χ0) is 8.39. The molecular formula is C11H15N. The normalized spacial score (nSPS) is 39.2. The van der Waals surface area contributed by atoms with E-state index >= 15 is 0 Å². The molecule has 12 heavy (non-hydrogen) atoms. The van der Waals surface area contributed by atoms with Gasteiger partial charge in [0.1, 0.15) is 0 Å². The van der Waals surface area contributed by atoms with Crippen molar-refractivity contribution in [2.24, 2.45) is 17.6 Å². The van der Waals surface area contributed by atoms with Crippen LogP contribution in [-0.4, -0.2) is 6.04 Å². The van der Waals surface area contributed by atoms with E-state index in [0.29, 0.717) is 17.9 Å². The second-order valence-corrected chi connectivity index (χ2v) is 3.62. The van der Waals surface area contributed by atoms with Gasteiger partial charge >= 0.3 is 0 Å². The summed E-state index contributed by atoms with van der Waals surface area (Å²) in [6.07, 6.45) is 15.4. The monoisotopic (exact) mass is 161 g/mol. The lowest BCUT2D eigenvalue weighted by Gasteiger charge is -2.26. The summed E-state index contributed by atoms with van der Waals surface area (Å²) in [5.41, 5.74) is 6.05. The molecule has 2 N–H and O–H groups in total. The number of allylic oxidation sites excluding steroid dienone is 4. The lowest BCUT2D eigenvalue weighted by atomic mass is 9.82. The SMILES string of the molecule is NC1CC=CCC2C=CC=CC12. The van der Waals surface area contributed by atoms with Crippen molar-refractivity contribution < 1.29 is 0 Å². The molecular weight excluding hydrogens is 146 g/mol. The largest absolute Gasteiger partial charge is 0.327 e. The number of rotatable bonds is 0. The minimum Gasteiger partial charge on any atom is -0.327 e. The minimum atomic E-state index is 0.315. The van der Waals surface area contributed by atoms with Gasteiger partial charge in [-0.25, -0.2) is 0 Å². The topological polar surface area (TPSA) is 26.0 Å². The van der Waals surface area contributed by atoms with Crippen molar-refractivity contribution in [3.63, 3.8) is 0 Å². The third-order valence-corrected chi connectivity index (χ3v) is 2.77. The van der Waals surface area contributed by atoms with Crippen molar-refractivity contribution in [3.8, 4) is 0 Å². The predicted molar refractivity (Wildman–Crippen MR) is 51.6 cm³/mol. The molecule has 0 heterocycles. The highest BCUT2D eigenvalue weighted by molar-refractivity contribution is 5.18. The van der Waals surface area contributed by atoms with Crippen molar-refractivity contribution in [2.45, 2.75) is 18.9 Å². The van der Waals surface area contributed by atoms with Crippen LogP contribution < -0.4 is 5.73 Å². The van der Waals surface area contributed by atoms with Crippen molar-refractivity contribution in [1.29, 1.82) is 0 Å². The van der Waals surface area contributed by atoms with Crippen LogP contribution in [0.1, 0.15) is 12.8 Å². The second-order valence-electron chi connectivity index (χ2n) is 3.62. The van der Waals surface area contributed by atoms with E-state index in [-0.39, 0.29) is 0 Å². The fraction of sp³-hybridized carbons (Fsp3) is 0.455. The lowest BCUT2D eigenvalue weighted by Crippen LogP contribution is -2.32. The summed E-state index contributed by atoms with van der Waals surface area (Å²) in [5.74, 6) is 1.20. The van der Waals surface area contributed by atoms with Gasteiger partial charge in [-0.1, -0.05) is 36.5 Å². The van der Waals surface area contributed by atoms with E-state index in [2.05, 4.69) is 36.5 Å². The van der Waals surface area contributed by atoms with Crippen LogP contribution in [0, 0.1) is 11.8 Å². The van der Waals surface area contributed by atoms with Gasteiger partial charge in [-0.3, -0.25) is 0 Å². The zero-order valence-electron chi connectivity index (χ0n) is 7.19. The number of nitrogens with two attached hydrogens (primary N) is 1. The Morgan fingerprint density at radius 1 is 1.00 bits per heavy atom. The van der Waals surface area contributed by atoms with Crippen LogP contribution in [0.15, 0.2) is 36.5 Å². The fourth-order valence-electron chi connectivity index (χ4n) is 2.03. The smallest absolute Gasteiger partial charge is 0.0142 e. The predicted octanol–water partition coefficient (Wildman–Crippen LogP) is 2.02. The third kappa shape index (κ3) is 1.37. The van der Waals surface area contributed by atoms with E-state index in [1.165, 1.54) is 0 Å². The molecule has 0 saturated heterocycles. The first-order chi connectivity index (χ1) is 5.88. The molecule has 0 bridgehead atoms. The van der Waals surface area contributed by atoms with Crippen molar-refractivity contribution in [1.82, 2.24) is 0 Å². The molecule has 0 fully saturated rings. The van der Waals surface area contributed by atoms with Gasteiger partial charge in [0.2, 0.25) is 0 Å². The van der Waals surface area contributed by atoms with Gasteiger partial charge in [-0.05, 0) is 24.7 Å². The minimum absolute atomic E-state index is 0.315. The first-order valence-corrected chi connectivity index (χ1v) is 4.63. The quantitative estimate of drug-likeness (QED) is 0.540. The van der Waals surface area contributed by atoms with Gasteiger partial charge in [-0.15, -0.1) is 0 Å². The average molecular weight is 161 g/mol. The Morgan fingerprint density at radius 2 is 1.75 bits per heavy atom. The maximum absolute atomic E-state index is 6.05. The van der Waals surface area contributed by atoms with Crippen LogP contribution in [0.25, 0.3) is 0 Å². The highest BCUT2D eigenvalue weighted by Gasteiger charge is 2.24. The molecule has 1 nitrogen and oxygen atoms in total. The molecule has 3 atom stereocenters. The van der Waals surface area contributed by atoms with Crippen LogP contribution in [0.4, 0.5) is 0 Å². The van der Waals surface area contributed by atoms with E-state index in [9.17, 15) is 0 Å². The Morgan fingerprint density at radius 3 is 2.67 bits per heavy atom. The number of fused-ring (bicyclic) bond motifs is 1. The summed E-state index contributed by atoms with van der Waals surface area (Å²) in [5, 5.41) is 0. The molecule has 0 spiro atoms. The van der Waals surface area contributed by atoms with Crippen molar-refractivity contribution >= 4 is 0 Å². The first kappa shape index (κ1) is 7.81. The van der Waals surface area contributed by atoms with Gasteiger partial charge in [0.05, 0.1) is 0 Å². The molecule has 2 rings (SSSR count). The number of hydrogen-bond acceptors (Lipinski definition) is 1. The molecule has 0 radical (unpaired) electrons. The third-order valence-electron chi connectivity index (χ3n) is 2.77. The summed E-state index contributed by atoms with van der Waals surface area (Å²) in [6.45, 7) is 0. The van der Waals surface area contributed by atoms with Crippen molar-refractivity contribution in [3.05, 3.63) is 36.5 Å². The molecule has 0 aromatic heterocycles. The Bertz CT molecular complexity index is 237. The molecule has 2 aliphatic rings. The van der Waals surface area contributed by atoms with Gasteiger partial charge in [0, 0.05) is 6.04 Å². The van der Waals surface area contributed by atoms with E-state index in [1.807, 2.05) is 0 Å². The van der Waals surface area contributed by atoms with Crippen LogP contribution in [0.5, 0.6) is 0 Å². The Labute approximate surface area is 73.6 Å². The molecule has 0 amide bonds. The maximum Gasteiger partial charge on any atom is 0.0142 e. The standard InChI is InChI=1S/C11H15N/c12-11-8-4-2-6-9-5-1-3-7-10(9)11/h1-5,7,9-11H,6,8,12H2. The maximum atomic E-state index is 6.05. The summed E-state index contributed by atoms with van der Waals surface area (Å²) in [7, 11) is 0. The highest BCUT2D eigenvalue weighted by Crippen LogP contribution is 2.29. The van der Waals surface area contributed by atoms with E-state index in [4.69, 9.17) is 5.73 Å². The molecule has 0 saturated carbocycles. The van der Waals surface area contributed by atoms with Crippen LogP contribution in [-0.2, 0) is 0 Å². The van der Waals surface area contributed by atoms with E-state index in [1.54, 1.807) is 0 Å². The molecule has 64 valence electrons. The summed E-state index contributed by atoms with van der Waals surface area (Å²) in [4.78, 5) is 0. The highest BCUT2D eigenvalue weighted by atomic mass is 14.7. The fourth-order valence-corrected chi connectivity index (χ4v) is 2.03. The molecule has 0 aromatic rings. The summed E-state index contributed by atoms with van der Waals surface area (Å²) < 4.78 is 0. The Kier molecular flexibility index (Phi) is 2.13.